The van der Waals surface area contributed by atoms with Crippen LogP contribution in [0.2, 0.25) is 0 Å². The molecule has 0 saturated carbocycles. The average molecular weight is 277 g/mol. The lowest BCUT2D eigenvalue weighted by Gasteiger charge is -2.02. The van der Waals surface area contributed by atoms with Crippen molar-refractivity contribution in [3.63, 3.8) is 0 Å². The van der Waals surface area contributed by atoms with Crippen molar-refractivity contribution < 1.29 is 8.42 Å². The lowest BCUT2D eigenvalue weighted by atomic mass is 10.2. The van der Waals surface area contributed by atoms with E-state index in [0.29, 0.717) is 6.42 Å². The molecule has 1 aromatic carbocycles. The topological polar surface area (TPSA) is 34.1 Å². The smallest absolute Gasteiger partial charge is 0.154 e. The van der Waals surface area contributed by atoms with Crippen LogP contribution in [-0.4, -0.2) is 19.5 Å². The van der Waals surface area contributed by atoms with Crippen LogP contribution in [0.5, 0.6) is 0 Å². The predicted octanol–water partition coefficient (Wildman–Crippen LogP) is 2.39. The van der Waals surface area contributed by atoms with Crippen molar-refractivity contribution in [1.82, 2.24) is 0 Å². The summed E-state index contributed by atoms with van der Waals surface area (Å²) in [5.74, 6) is 0.411. The molecule has 1 rings (SSSR count). The molecule has 0 N–H and O–H groups in total. The third-order valence-corrected chi connectivity index (χ3v) is 4.06. The van der Waals surface area contributed by atoms with Gasteiger partial charge in [-0.1, -0.05) is 46.3 Å². The van der Waals surface area contributed by atoms with Crippen molar-refractivity contribution in [1.29, 1.82) is 0 Å². The Labute approximate surface area is 93.4 Å². The van der Waals surface area contributed by atoms with Crippen molar-refractivity contribution in [2.24, 2.45) is 0 Å². The number of benzene rings is 1. The number of rotatable bonds is 5. The van der Waals surface area contributed by atoms with Crippen LogP contribution in [0.15, 0.2) is 30.3 Å². The van der Waals surface area contributed by atoms with Crippen LogP contribution < -0.4 is 0 Å². The van der Waals surface area contributed by atoms with E-state index in [1.165, 1.54) is 0 Å². The van der Waals surface area contributed by atoms with Crippen LogP contribution in [0, 0.1) is 0 Å². The summed E-state index contributed by atoms with van der Waals surface area (Å²) in [5, 5.41) is 0.737. The molecule has 0 bridgehead atoms. The number of halogens is 1. The summed E-state index contributed by atoms with van der Waals surface area (Å²) in [5.41, 5.74) is 0.863. The van der Waals surface area contributed by atoms with Gasteiger partial charge in [0.1, 0.15) is 0 Å². The Morgan fingerprint density at radius 3 is 2.36 bits per heavy atom. The average Bonchev–Trinajstić information content (AvgIpc) is 2.16. The molecule has 0 unspecified atom stereocenters. The molecule has 2 nitrogen and oxygen atoms in total. The van der Waals surface area contributed by atoms with Crippen LogP contribution in [0.25, 0.3) is 0 Å². The molecule has 0 amide bonds. The standard InChI is InChI=1S/C10H13BrO2S/c11-7-4-8-14(12,13)9-10-5-2-1-3-6-10/h1-3,5-6H,4,7-9H2. The molecule has 0 aliphatic rings. The Hall–Kier alpha value is -0.350. The Morgan fingerprint density at radius 2 is 1.79 bits per heavy atom. The van der Waals surface area contributed by atoms with Crippen LogP contribution in [-0.2, 0) is 15.6 Å². The van der Waals surface area contributed by atoms with Gasteiger partial charge < -0.3 is 0 Å². The first-order valence-electron chi connectivity index (χ1n) is 4.44. The maximum Gasteiger partial charge on any atom is 0.154 e. The second-order valence-corrected chi connectivity index (χ2v) is 6.10. The quantitative estimate of drug-likeness (QED) is 0.774. The molecular formula is C10H13BrO2S. The molecule has 0 aliphatic heterocycles. The van der Waals surface area contributed by atoms with Gasteiger partial charge in [0.15, 0.2) is 9.84 Å². The Morgan fingerprint density at radius 1 is 1.14 bits per heavy atom. The summed E-state index contributed by atoms with van der Waals surface area (Å²) >= 11 is 3.22. The third-order valence-electron chi connectivity index (χ3n) is 1.82. The molecule has 0 atom stereocenters. The van der Waals surface area contributed by atoms with E-state index in [9.17, 15) is 8.42 Å². The number of hydrogen-bond donors (Lipinski definition) is 0. The second kappa shape index (κ2) is 5.51. The molecule has 0 aromatic heterocycles. The van der Waals surface area contributed by atoms with Crippen LogP contribution in [0.4, 0.5) is 0 Å². The van der Waals surface area contributed by atoms with Crippen molar-refractivity contribution >= 4 is 25.8 Å². The molecule has 0 fully saturated rings. The Kier molecular flexibility index (Phi) is 4.62. The summed E-state index contributed by atoms with van der Waals surface area (Å²) < 4.78 is 23.1. The zero-order chi connectivity index (χ0) is 10.4. The maximum atomic E-state index is 11.5. The minimum atomic E-state index is -2.93. The Bertz CT molecular complexity index is 359. The number of hydrogen-bond acceptors (Lipinski definition) is 2. The van der Waals surface area contributed by atoms with E-state index < -0.39 is 9.84 Å². The molecule has 14 heavy (non-hydrogen) atoms. The highest BCUT2D eigenvalue weighted by molar-refractivity contribution is 9.09. The lowest BCUT2D eigenvalue weighted by Crippen LogP contribution is -2.09. The SMILES string of the molecule is O=S(=O)(CCCBr)Cc1ccccc1. The maximum absolute atomic E-state index is 11.5. The summed E-state index contributed by atoms with van der Waals surface area (Å²) in [4.78, 5) is 0. The van der Waals surface area contributed by atoms with Crippen LogP contribution in [0.3, 0.4) is 0 Å². The van der Waals surface area contributed by atoms with E-state index in [0.717, 1.165) is 10.9 Å². The molecule has 4 heteroatoms. The fourth-order valence-corrected chi connectivity index (χ4v) is 3.26. The predicted molar refractivity (Wildman–Crippen MR) is 62.3 cm³/mol. The van der Waals surface area contributed by atoms with Gasteiger partial charge in [-0.2, -0.15) is 0 Å². The Balaban J connectivity index is 2.60. The summed E-state index contributed by atoms with van der Waals surface area (Å²) in [6, 6.07) is 9.27. The zero-order valence-electron chi connectivity index (χ0n) is 7.82. The minimum absolute atomic E-state index is 0.154. The first kappa shape index (κ1) is 11.7. The zero-order valence-corrected chi connectivity index (χ0v) is 10.2. The van der Waals surface area contributed by atoms with E-state index >= 15 is 0 Å². The van der Waals surface area contributed by atoms with Gasteiger partial charge in [-0.05, 0) is 12.0 Å². The van der Waals surface area contributed by atoms with Gasteiger partial charge >= 0.3 is 0 Å². The van der Waals surface area contributed by atoms with Gasteiger partial charge in [0, 0.05) is 5.33 Å². The van der Waals surface area contributed by atoms with Crippen molar-refractivity contribution in [3.05, 3.63) is 35.9 Å². The molecule has 0 aliphatic carbocycles. The third kappa shape index (κ3) is 4.24. The van der Waals surface area contributed by atoms with E-state index in [-0.39, 0.29) is 11.5 Å². The highest BCUT2D eigenvalue weighted by Gasteiger charge is 2.10. The summed E-state index contributed by atoms with van der Waals surface area (Å²) in [6.45, 7) is 0. The van der Waals surface area contributed by atoms with E-state index in [4.69, 9.17) is 0 Å². The van der Waals surface area contributed by atoms with Crippen LogP contribution >= 0.6 is 15.9 Å². The lowest BCUT2D eigenvalue weighted by molar-refractivity contribution is 0.594. The minimum Gasteiger partial charge on any atom is -0.228 e. The normalized spacial score (nSPS) is 11.5. The van der Waals surface area contributed by atoms with Crippen molar-refractivity contribution in [2.75, 3.05) is 11.1 Å². The first-order valence-corrected chi connectivity index (χ1v) is 7.39. The van der Waals surface area contributed by atoms with E-state index in [2.05, 4.69) is 15.9 Å². The van der Waals surface area contributed by atoms with E-state index in [1.807, 2.05) is 30.3 Å². The fraction of sp³-hybridized carbons (Fsp3) is 0.400. The molecule has 0 radical (unpaired) electrons. The van der Waals surface area contributed by atoms with Gasteiger partial charge in [-0.15, -0.1) is 0 Å². The van der Waals surface area contributed by atoms with Gasteiger partial charge in [0.25, 0.3) is 0 Å². The van der Waals surface area contributed by atoms with Gasteiger partial charge in [0.2, 0.25) is 0 Å². The largest absolute Gasteiger partial charge is 0.228 e. The van der Waals surface area contributed by atoms with Gasteiger partial charge in [-0.25, -0.2) is 8.42 Å². The highest BCUT2D eigenvalue weighted by Crippen LogP contribution is 2.07. The second-order valence-electron chi connectivity index (χ2n) is 3.12. The monoisotopic (exact) mass is 276 g/mol. The summed E-state index contributed by atoms with van der Waals surface area (Å²) in [7, 11) is -2.93. The number of alkyl halides is 1. The van der Waals surface area contributed by atoms with Crippen molar-refractivity contribution in [2.45, 2.75) is 12.2 Å². The van der Waals surface area contributed by atoms with Gasteiger partial charge in [0.05, 0.1) is 11.5 Å². The van der Waals surface area contributed by atoms with Gasteiger partial charge in [-0.3, -0.25) is 0 Å². The molecule has 0 heterocycles. The van der Waals surface area contributed by atoms with E-state index in [1.54, 1.807) is 0 Å². The molecule has 78 valence electrons. The molecule has 1 aromatic rings. The number of sulfone groups is 1. The highest BCUT2D eigenvalue weighted by atomic mass is 79.9. The van der Waals surface area contributed by atoms with Crippen LogP contribution in [0.1, 0.15) is 12.0 Å². The van der Waals surface area contributed by atoms with Crippen molar-refractivity contribution in [3.8, 4) is 0 Å². The first-order chi connectivity index (χ1) is 6.64. The molecular weight excluding hydrogens is 264 g/mol. The summed E-state index contributed by atoms with van der Waals surface area (Å²) in [6.07, 6.45) is 0.676. The molecule has 0 spiro atoms. The molecule has 0 saturated heterocycles. The fourth-order valence-electron chi connectivity index (χ4n) is 1.17.